The average molecular weight is 697 g/mol. The number of hydrogen-bond donors (Lipinski definition) is 1. The Bertz CT molecular complexity index is 1530. The molecule has 5 heteroatoms. The van der Waals surface area contributed by atoms with Gasteiger partial charge in [0.15, 0.2) is 0 Å². The Hall–Kier alpha value is -1.95. The first-order valence-corrected chi connectivity index (χ1v) is 20.9. The van der Waals surface area contributed by atoms with E-state index in [0.29, 0.717) is 46.2 Å². The fourth-order valence-electron chi connectivity index (χ4n) is 15.2. The third-order valence-corrected chi connectivity index (χ3v) is 17.7. The van der Waals surface area contributed by atoms with Crippen LogP contribution in [0.3, 0.4) is 0 Å². The molecular weight excluding hydrogens is 629 g/mol. The smallest absolute Gasteiger partial charge is 0.337 e. The second-order valence-electron chi connectivity index (χ2n) is 19.9. The molecule has 0 unspecified atom stereocenters. The summed E-state index contributed by atoms with van der Waals surface area (Å²) in [6.45, 7) is 24.4. The fraction of sp³-hybridized carbons (Fsp3) is 0.761. The van der Waals surface area contributed by atoms with E-state index >= 15 is 0 Å². The highest BCUT2D eigenvalue weighted by atomic mass is 16.5. The molecule has 2 bridgehead atoms. The second kappa shape index (κ2) is 12.8. The first-order valence-electron chi connectivity index (χ1n) is 20.9. The first-order chi connectivity index (χ1) is 24.3. The van der Waals surface area contributed by atoms with Crippen LogP contribution in [0, 0.1) is 51.2 Å². The molecule has 0 radical (unpaired) electrons. The lowest BCUT2D eigenvalue weighted by atomic mass is 9.33. The molecule has 0 aromatic heterocycles. The number of morpholine rings is 1. The molecule has 2 heterocycles. The van der Waals surface area contributed by atoms with Crippen LogP contribution in [0.25, 0.3) is 5.57 Å². The maximum absolute atomic E-state index is 12.2. The lowest BCUT2D eigenvalue weighted by molar-refractivity contribution is -0.219. The van der Waals surface area contributed by atoms with Gasteiger partial charge in [0.1, 0.15) is 0 Å². The van der Waals surface area contributed by atoms with E-state index in [-0.39, 0.29) is 22.3 Å². The summed E-state index contributed by atoms with van der Waals surface area (Å²) in [5.74, 6) is 3.20. The predicted octanol–water partition coefficient (Wildman–Crippen LogP) is 9.72. The van der Waals surface area contributed by atoms with E-state index in [1.54, 1.807) is 0 Å². The average Bonchev–Trinajstić information content (AvgIpc) is 3.48. The minimum atomic E-state index is -0.264. The van der Waals surface area contributed by atoms with Crippen molar-refractivity contribution >= 4 is 11.5 Å². The van der Waals surface area contributed by atoms with Crippen LogP contribution in [0.15, 0.2) is 42.5 Å². The topological polar surface area (TPSA) is 50.8 Å². The van der Waals surface area contributed by atoms with Crippen LogP contribution in [0.5, 0.6) is 0 Å². The molecule has 7 aliphatic rings. The van der Waals surface area contributed by atoms with E-state index in [4.69, 9.17) is 9.47 Å². The maximum atomic E-state index is 12.2. The lowest BCUT2D eigenvalue weighted by Gasteiger charge is -2.72. The lowest BCUT2D eigenvalue weighted by Crippen LogP contribution is -2.68. The van der Waals surface area contributed by atoms with Crippen molar-refractivity contribution in [3.8, 4) is 0 Å². The molecule has 1 aromatic rings. The van der Waals surface area contributed by atoms with Crippen LogP contribution in [-0.4, -0.2) is 61.9 Å². The van der Waals surface area contributed by atoms with Gasteiger partial charge in [0.2, 0.25) is 0 Å². The highest BCUT2D eigenvalue weighted by Crippen LogP contribution is 2.76. The van der Waals surface area contributed by atoms with Crippen molar-refractivity contribution in [2.45, 2.75) is 136 Å². The molecule has 6 fully saturated rings. The third kappa shape index (κ3) is 5.35. The number of nitrogens with zero attached hydrogens (tertiary/aromatic N) is 1. The normalized spacial score (nSPS) is 44.3. The van der Waals surface area contributed by atoms with Crippen molar-refractivity contribution in [3.63, 3.8) is 0 Å². The number of ether oxygens (including phenoxy) is 2. The van der Waals surface area contributed by atoms with Gasteiger partial charge in [-0.15, -0.1) is 0 Å². The van der Waals surface area contributed by atoms with Gasteiger partial charge in [-0.1, -0.05) is 71.4 Å². The van der Waals surface area contributed by atoms with Crippen LogP contribution in [-0.2, 0) is 9.47 Å². The minimum absolute atomic E-state index is 0.0694. The zero-order chi connectivity index (χ0) is 36.0. The maximum Gasteiger partial charge on any atom is 0.337 e. The Labute approximate surface area is 309 Å². The van der Waals surface area contributed by atoms with Crippen molar-refractivity contribution in [2.75, 3.05) is 33.4 Å². The van der Waals surface area contributed by atoms with Crippen LogP contribution >= 0.6 is 0 Å². The molecule has 5 nitrogen and oxygen atoms in total. The molecule has 2 aliphatic heterocycles. The Kier molecular flexibility index (Phi) is 9.07. The number of nitrogens with one attached hydrogen (secondary N) is 1. The molecule has 11 atom stereocenters. The van der Waals surface area contributed by atoms with Gasteiger partial charge < -0.3 is 14.8 Å². The van der Waals surface area contributed by atoms with Gasteiger partial charge in [0, 0.05) is 30.7 Å². The summed E-state index contributed by atoms with van der Waals surface area (Å²) in [6, 6.07) is 9.44. The fourth-order valence-corrected chi connectivity index (χ4v) is 15.2. The first kappa shape index (κ1) is 36.0. The number of allylic oxidation sites excluding steroid dienone is 3. The van der Waals surface area contributed by atoms with Gasteiger partial charge in [0.05, 0.1) is 25.9 Å². The van der Waals surface area contributed by atoms with Crippen LogP contribution in [0.1, 0.15) is 135 Å². The van der Waals surface area contributed by atoms with E-state index in [1.807, 2.05) is 12.1 Å². The number of esters is 1. The van der Waals surface area contributed by atoms with E-state index in [9.17, 15) is 4.79 Å². The van der Waals surface area contributed by atoms with Gasteiger partial charge >= 0.3 is 5.97 Å². The van der Waals surface area contributed by atoms with Crippen molar-refractivity contribution < 1.29 is 14.3 Å². The summed E-state index contributed by atoms with van der Waals surface area (Å²) in [5.41, 5.74) is 6.08. The predicted molar refractivity (Wildman–Crippen MR) is 207 cm³/mol. The van der Waals surface area contributed by atoms with E-state index in [0.717, 1.165) is 38.0 Å². The Morgan fingerprint density at radius 3 is 2.31 bits per heavy atom. The molecule has 1 N–H and O–H groups in total. The molecule has 2 saturated heterocycles. The number of methoxy groups -OCH3 is 1. The van der Waals surface area contributed by atoms with Gasteiger partial charge in [0.25, 0.3) is 0 Å². The van der Waals surface area contributed by atoms with Crippen LogP contribution in [0.4, 0.5) is 0 Å². The molecule has 51 heavy (non-hydrogen) atoms. The quantitative estimate of drug-likeness (QED) is 0.227. The highest BCUT2D eigenvalue weighted by molar-refractivity contribution is 5.89. The van der Waals surface area contributed by atoms with E-state index < -0.39 is 0 Å². The van der Waals surface area contributed by atoms with Crippen LogP contribution < -0.4 is 5.32 Å². The Morgan fingerprint density at radius 2 is 1.63 bits per heavy atom. The van der Waals surface area contributed by atoms with Crippen molar-refractivity contribution in [1.82, 2.24) is 10.2 Å². The Balaban J connectivity index is 1.05. The van der Waals surface area contributed by atoms with Gasteiger partial charge in [-0.3, -0.25) is 4.90 Å². The number of benzene rings is 1. The summed E-state index contributed by atoms with van der Waals surface area (Å²) in [4.78, 5) is 15.0. The number of hydrogen-bond acceptors (Lipinski definition) is 5. The molecule has 4 saturated carbocycles. The van der Waals surface area contributed by atoms with Crippen molar-refractivity contribution in [3.05, 3.63) is 53.6 Å². The Morgan fingerprint density at radius 1 is 0.902 bits per heavy atom. The highest BCUT2D eigenvalue weighted by Gasteiger charge is 2.70. The SMILES string of the molecule is C=C(C)[C@@H]1CC[C@]2(NCCN3[C@@H]4CCC[C@H]3COC4)CC[C@]3(C)[C@H](CC[C@@H]4[C@@]5(C)CC=C(c6ccc(C(=O)OC)cc6)C(C)(C)[C@@H]5CC[C@]43C)[C@@H]12. The number of fused-ring (bicyclic) bond motifs is 9. The van der Waals surface area contributed by atoms with Crippen molar-refractivity contribution in [2.24, 2.45) is 51.2 Å². The molecule has 280 valence electrons. The largest absolute Gasteiger partial charge is 0.465 e. The van der Waals surface area contributed by atoms with Gasteiger partial charge in [-0.05, 0) is 152 Å². The molecule has 0 spiro atoms. The van der Waals surface area contributed by atoms with Gasteiger partial charge in [-0.2, -0.15) is 0 Å². The van der Waals surface area contributed by atoms with E-state index in [2.05, 4.69) is 76.5 Å². The molecule has 5 aliphatic carbocycles. The number of piperidine rings is 1. The zero-order valence-corrected chi connectivity index (χ0v) is 33.1. The summed E-state index contributed by atoms with van der Waals surface area (Å²) in [5, 5.41) is 4.39. The zero-order valence-electron chi connectivity index (χ0n) is 33.1. The number of rotatable bonds is 7. The summed E-state index contributed by atoms with van der Waals surface area (Å²) < 4.78 is 11.0. The van der Waals surface area contributed by atoms with Gasteiger partial charge in [-0.25, -0.2) is 4.79 Å². The summed E-state index contributed by atoms with van der Waals surface area (Å²) in [6.07, 6.45) is 18.4. The summed E-state index contributed by atoms with van der Waals surface area (Å²) in [7, 11) is 1.46. The standard InChI is InChI=1S/C46H68N2O3/c1-30(2)35-18-23-46(47-26-27-48-33-10-9-11-34(48)29-51-28-33)25-24-44(6)37(40(35)46)16-17-39-43(5)21-19-36(31-12-14-32(15-13-31)41(49)50-8)42(3,4)38(43)20-22-45(39,44)7/h12-15,19,33-35,37-40,47H,1,9-11,16-18,20-29H2,2-8H3/t33-,34+,35-,37+,38-,39+,40+,43-,44+,45+,46-/m0/s1. The minimum Gasteiger partial charge on any atom is -0.465 e. The number of carbonyl (C=O) groups excluding carboxylic acids is 1. The summed E-state index contributed by atoms with van der Waals surface area (Å²) >= 11 is 0. The third-order valence-electron chi connectivity index (χ3n) is 17.7. The molecule has 1 aromatic carbocycles. The molecule has 0 amide bonds. The second-order valence-corrected chi connectivity index (χ2v) is 19.9. The number of carbonyl (C=O) groups is 1. The molecular formula is C46H68N2O3. The van der Waals surface area contributed by atoms with Crippen LogP contribution in [0.2, 0.25) is 0 Å². The van der Waals surface area contributed by atoms with E-state index in [1.165, 1.54) is 101 Å². The molecule has 8 rings (SSSR count). The monoisotopic (exact) mass is 697 g/mol. The van der Waals surface area contributed by atoms with Crippen molar-refractivity contribution in [1.29, 1.82) is 0 Å².